The lowest BCUT2D eigenvalue weighted by Gasteiger charge is -2.39. The fourth-order valence-corrected chi connectivity index (χ4v) is 12.4. The average molecular weight is 1410 g/mol. The van der Waals surface area contributed by atoms with Gasteiger partial charge in [0.1, 0.15) is 30.2 Å². The van der Waals surface area contributed by atoms with Gasteiger partial charge in [0.25, 0.3) is 0 Å². The van der Waals surface area contributed by atoms with E-state index in [0.29, 0.717) is 108 Å². The summed E-state index contributed by atoms with van der Waals surface area (Å²) in [6, 6.07) is 42.0. The first kappa shape index (κ1) is 72.1. The van der Waals surface area contributed by atoms with Gasteiger partial charge in [-0.2, -0.15) is 39.5 Å². The van der Waals surface area contributed by atoms with E-state index in [1.54, 1.807) is 51.7 Å². The number of hydrogen-bond acceptors (Lipinski definition) is 15. The third-order valence-electron chi connectivity index (χ3n) is 17.5. The molecule has 0 amide bonds. The minimum atomic E-state index is -4.39. The molecule has 5 aliphatic heterocycles. The summed E-state index contributed by atoms with van der Waals surface area (Å²) in [6.45, 7) is 5.92. The van der Waals surface area contributed by atoms with Crippen molar-refractivity contribution in [3.63, 3.8) is 0 Å². The predicted molar refractivity (Wildman–Crippen MR) is 365 cm³/mol. The van der Waals surface area contributed by atoms with E-state index in [0.717, 1.165) is 89.3 Å². The lowest BCUT2D eigenvalue weighted by atomic mass is 9.98. The first-order valence-corrected chi connectivity index (χ1v) is 32.4. The van der Waals surface area contributed by atoms with Crippen molar-refractivity contribution in [3.05, 3.63) is 204 Å². The van der Waals surface area contributed by atoms with Crippen LogP contribution in [-0.2, 0) is 18.5 Å². The highest BCUT2D eigenvalue weighted by atomic mass is 19.4. The number of H-pyrrole nitrogens is 1. The third-order valence-corrected chi connectivity index (χ3v) is 17.5. The Morgan fingerprint density at radius 2 is 0.911 bits per heavy atom. The van der Waals surface area contributed by atoms with Crippen molar-refractivity contribution in [2.75, 3.05) is 107 Å². The first-order valence-electron chi connectivity index (χ1n) is 32.4. The van der Waals surface area contributed by atoms with E-state index in [1.807, 2.05) is 82.4 Å². The van der Waals surface area contributed by atoms with E-state index in [9.17, 15) is 49.0 Å². The van der Waals surface area contributed by atoms with Crippen LogP contribution in [0.4, 0.5) is 83.7 Å². The number of aromatic amines is 1. The Balaban J connectivity index is 0.000000144. The van der Waals surface area contributed by atoms with Gasteiger partial charge in [0.2, 0.25) is 0 Å². The normalized spacial score (nSPS) is 17.8. The largest absolute Gasteiger partial charge is 0.493 e. The fourth-order valence-electron chi connectivity index (χ4n) is 12.4. The maximum Gasteiger partial charge on any atom is 0.416 e. The summed E-state index contributed by atoms with van der Waals surface area (Å²) in [6.07, 6.45) is -8.42. The van der Waals surface area contributed by atoms with Crippen LogP contribution in [0.25, 0.3) is 16.5 Å². The molecule has 1 aromatic heterocycles. The number of aromatic nitrogens is 1. The van der Waals surface area contributed by atoms with Crippen LogP contribution in [0.5, 0.6) is 46.0 Å². The zero-order chi connectivity index (χ0) is 71.8. The number of aliphatic hydroxyl groups excluding tert-OH is 2. The van der Waals surface area contributed by atoms with Crippen LogP contribution in [0, 0.1) is 5.82 Å². The summed E-state index contributed by atoms with van der Waals surface area (Å²) in [4.78, 5) is 11.3. The second-order valence-corrected chi connectivity index (χ2v) is 24.0. The Morgan fingerprint density at radius 1 is 0.495 bits per heavy atom. The molecule has 26 heteroatoms. The van der Waals surface area contributed by atoms with E-state index in [1.165, 1.54) is 55.1 Å². The van der Waals surface area contributed by atoms with E-state index in [2.05, 4.69) is 21.3 Å². The van der Waals surface area contributed by atoms with Crippen LogP contribution in [0.2, 0.25) is 0 Å². The minimum Gasteiger partial charge on any atom is -0.493 e. The summed E-state index contributed by atoms with van der Waals surface area (Å²) in [5.74, 6) is 4.46. The molecule has 5 aliphatic rings. The van der Waals surface area contributed by atoms with E-state index in [4.69, 9.17) is 43.0 Å². The highest BCUT2D eigenvalue weighted by molar-refractivity contribution is 5.93. The third kappa shape index (κ3) is 16.5. The second kappa shape index (κ2) is 31.2. The molecular formula is C75H74F10N6O10. The maximum atomic E-state index is 13.9. The van der Waals surface area contributed by atoms with Crippen LogP contribution in [0.3, 0.4) is 0 Å². The van der Waals surface area contributed by atoms with Gasteiger partial charge in [-0.25, -0.2) is 4.39 Å². The lowest BCUT2D eigenvalue weighted by molar-refractivity contribution is -0.138. The van der Waals surface area contributed by atoms with Crippen molar-refractivity contribution < 1.29 is 92.0 Å². The second-order valence-electron chi connectivity index (χ2n) is 24.0. The molecule has 8 aromatic carbocycles. The van der Waals surface area contributed by atoms with Crippen molar-refractivity contribution in [2.45, 2.75) is 62.7 Å². The summed E-state index contributed by atoms with van der Waals surface area (Å²) in [5.41, 5.74) is 6.11. The molecule has 16 nitrogen and oxygen atoms in total. The van der Waals surface area contributed by atoms with Gasteiger partial charge in [0.15, 0.2) is 46.0 Å². The Labute approximate surface area is 576 Å². The van der Waals surface area contributed by atoms with Crippen molar-refractivity contribution >= 4 is 56.3 Å². The smallest absolute Gasteiger partial charge is 0.416 e. The van der Waals surface area contributed by atoms with Crippen molar-refractivity contribution in [1.29, 1.82) is 0 Å². The molecule has 0 radical (unpaired) electrons. The van der Waals surface area contributed by atoms with E-state index in [-0.39, 0.29) is 37.3 Å². The van der Waals surface area contributed by atoms with Gasteiger partial charge in [0, 0.05) is 59.4 Å². The number of benzene rings is 8. The Bertz CT molecular complexity index is 4170. The molecule has 0 bridgehead atoms. The molecule has 0 saturated carbocycles. The van der Waals surface area contributed by atoms with Crippen LogP contribution in [-0.4, -0.2) is 132 Å². The number of nitrogens with one attached hydrogen (secondary N) is 2. The Hall–Kier alpha value is -10.2. The first-order chi connectivity index (χ1) is 48.5. The number of alkyl halides is 9. The number of ether oxygens (including phenoxy) is 8. The van der Waals surface area contributed by atoms with Crippen LogP contribution >= 0.6 is 0 Å². The molecule has 4 atom stereocenters. The zero-order valence-electron chi connectivity index (χ0n) is 55.6. The monoisotopic (exact) mass is 1410 g/mol. The summed E-state index contributed by atoms with van der Waals surface area (Å²) in [5, 5.41) is 22.5. The van der Waals surface area contributed by atoms with Gasteiger partial charge in [0.05, 0.1) is 107 Å². The van der Waals surface area contributed by atoms with Gasteiger partial charge < -0.3 is 73.1 Å². The Morgan fingerprint density at radius 3 is 1.34 bits per heavy atom. The predicted octanol–water partition coefficient (Wildman–Crippen LogP) is 16.5. The number of nitrogens with zero attached hydrogens (tertiary/aromatic N) is 4. The van der Waals surface area contributed by atoms with Gasteiger partial charge in [-0.05, 0) is 158 Å². The molecule has 4 unspecified atom stereocenters. The van der Waals surface area contributed by atoms with Crippen molar-refractivity contribution in [1.82, 2.24) is 9.88 Å². The molecule has 0 fully saturated rings. The summed E-state index contributed by atoms with van der Waals surface area (Å²) >= 11 is 0. The molecule has 534 valence electrons. The van der Waals surface area contributed by atoms with Crippen LogP contribution < -0.4 is 57.9 Å². The lowest BCUT2D eigenvalue weighted by Crippen LogP contribution is -2.46. The molecule has 9 aromatic rings. The number of fused-ring (bicyclic) bond motifs is 5. The summed E-state index contributed by atoms with van der Waals surface area (Å²) in [7, 11) is 6.24. The number of anilines is 7. The van der Waals surface area contributed by atoms with E-state index < -0.39 is 41.3 Å². The number of hydrogen-bond donors (Lipinski definition) is 4. The highest BCUT2D eigenvalue weighted by Gasteiger charge is 2.37. The molecule has 101 heavy (non-hydrogen) atoms. The van der Waals surface area contributed by atoms with E-state index >= 15 is 0 Å². The maximum absolute atomic E-state index is 13.9. The molecule has 14 rings (SSSR count). The number of aliphatic hydroxyl groups is 2. The number of para-hydroxylation sites is 4. The van der Waals surface area contributed by atoms with Crippen LogP contribution in [0.1, 0.15) is 42.0 Å². The number of methoxy groups -OCH3 is 4. The summed E-state index contributed by atoms with van der Waals surface area (Å²) < 4.78 is 175. The molecule has 0 aliphatic carbocycles. The molecule has 0 saturated heterocycles. The topological polar surface area (TPSA) is 155 Å². The zero-order valence-corrected chi connectivity index (χ0v) is 55.6. The van der Waals surface area contributed by atoms with Gasteiger partial charge in [-0.3, -0.25) is 4.90 Å². The number of rotatable bonds is 13. The molecular weight excluding hydrogens is 1330 g/mol. The average Bonchev–Trinajstić information content (AvgIpc) is 1.44. The van der Waals surface area contributed by atoms with Crippen molar-refractivity contribution in [3.8, 4) is 46.0 Å². The molecule has 6 heterocycles. The van der Waals surface area contributed by atoms with Gasteiger partial charge >= 0.3 is 18.5 Å². The molecule has 4 N–H and O–H groups in total. The Kier molecular flexibility index (Phi) is 22.2. The molecule has 0 spiro atoms. The number of halogens is 10. The minimum absolute atomic E-state index is 0.00445. The standard InChI is InChI=1S/C30H27F4N3O2.C18H18F3NO2.C17H16F3NO3.C10H13NO3/c1-38-28-4-2-3-27-29(28)39-23(18-37(27)22-8-5-20(6-9-22)30(32,33)34)17-36-13-11-19(12-14-36)25-16-35-26-10-7-21(31)15-24(25)26;1-3-14-11-22(13-9-7-12(8-10-13)18(19,20)21)15-5-4-6-16(23-2)17(15)24-14;1-23-15-4-2-3-14-16(15)24-13(10-22)9-21(14)12-7-5-11(6-8-12)17(18,19)20;1-13-9-4-2-3-8-10(9)14-7(6-12)5-11-8/h2-11,15-16,23,35H,12-14,17-18H2,1H3;4-10,14H,3,11H2,1-2H3;2-8,13,22H,9-10H2,1H3;2-4,7,11-12H,5-6H2,1H3. The van der Waals surface area contributed by atoms with Crippen molar-refractivity contribution in [2.24, 2.45) is 0 Å². The fraction of sp³-hybridized carbons (Fsp3) is 0.307. The van der Waals surface area contributed by atoms with Gasteiger partial charge in [-0.15, -0.1) is 0 Å². The van der Waals surface area contributed by atoms with Crippen LogP contribution in [0.15, 0.2) is 176 Å². The highest BCUT2D eigenvalue weighted by Crippen LogP contribution is 2.49. The SMILES string of the molecule is CCC1CN(c2ccc(C(F)(F)F)cc2)c2cccc(OC)c2O1.COc1cccc2c1OC(CN1CC=C(c3c[nH]c4ccc(F)cc34)CC1)CN2c1ccc(C(F)(F)F)cc1.COc1cccc2c1OC(CO)CN2.COc1cccc2c1OC(CO)CN2c1ccc(C(F)(F)F)cc1. The quantitative estimate of drug-likeness (QED) is 0.0809. The van der Waals surface area contributed by atoms with Gasteiger partial charge in [-0.1, -0.05) is 37.3 Å².